The van der Waals surface area contributed by atoms with Crippen LogP contribution in [0.2, 0.25) is 0 Å². The van der Waals surface area contributed by atoms with Crippen LogP contribution in [0.25, 0.3) is 0 Å². The van der Waals surface area contributed by atoms with Crippen molar-refractivity contribution in [1.29, 1.82) is 0 Å². The van der Waals surface area contributed by atoms with Crippen molar-refractivity contribution in [2.24, 2.45) is 0 Å². The molecule has 1 saturated heterocycles. The fraction of sp³-hybridized carbons (Fsp3) is 0.600. The largest absolute Gasteiger partial charge is 0.364 e. The average Bonchev–Trinajstić information content (AvgIpc) is 2.43. The number of halogens is 1. The first-order valence-electron chi connectivity index (χ1n) is 2.22. The van der Waals surface area contributed by atoms with Crippen molar-refractivity contribution in [1.82, 2.24) is 0 Å². The molecule has 40 valence electrons. The van der Waals surface area contributed by atoms with Crippen LogP contribution in [-0.4, -0.2) is 17.5 Å². The van der Waals surface area contributed by atoms with Crippen LogP contribution in [-0.2, 0) is 4.74 Å². The molecule has 1 aliphatic rings. The van der Waals surface area contributed by atoms with E-state index in [0.717, 1.165) is 5.33 Å². The Labute approximate surface area is 51.5 Å². The maximum absolute atomic E-state index is 5.05. The second-order valence-electron chi connectivity index (χ2n) is 1.53. The van der Waals surface area contributed by atoms with Crippen molar-refractivity contribution >= 4 is 15.9 Å². The lowest BCUT2D eigenvalue weighted by molar-refractivity contribution is 0.403. The summed E-state index contributed by atoms with van der Waals surface area (Å²) in [7, 11) is 0. The molecule has 0 amide bonds. The van der Waals surface area contributed by atoms with Gasteiger partial charge in [0, 0.05) is 5.33 Å². The highest BCUT2D eigenvalue weighted by atomic mass is 79.9. The summed E-state index contributed by atoms with van der Waals surface area (Å²) in [6.07, 6.45) is 2.57. The Morgan fingerprint density at radius 1 is 1.86 bits per heavy atom. The standard InChI is InChI=1S/C5H7BrO/c1-2-4-5(3-6)7-4/h2,4-5H,1,3H2/t4-,5-/m1/s1. The Morgan fingerprint density at radius 3 is 2.71 bits per heavy atom. The van der Waals surface area contributed by atoms with Crippen molar-refractivity contribution in [3.05, 3.63) is 12.7 Å². The van der Waals surface area contributed by atoms with Crippen molar-refractivity contribution in [3.63, 3.8) is 0 Å². The predicted molar refractivity (Wildman–Crippen MR) is 32.7 cm³/mol. The number of ether oxygens (including phenoxy) is 1. The molecule has 7 heavy (non-hydrogen) atoms. The molecule has 0 saturated carbocycles. The molecule has 0 aromatic rings. The maximum atomic E-state index is 5.05. The van der Waals surface area contributed by atoms with Crippen LogP contribution >= 0.6 is 15.9 Å². The van der Waals surface area contributed by atoms with Gasteiger partial charge in [0.05, 0.1) is 6.10 Å². The van der Waals surface area contributed by atoms with E-state index in [9.17, 15) is 0 Å². The first kappa shape index (κ1) is 5.32. The van der Waals surface area contributed by atoms with Gasteiger partial charge in [-0.2, -0.15) is 0 Å². The molecular formula is C5H7BrO. The van der Waals surface area contributed by atoms with Gasteiger partial charge in [0.25, 0.3) is 0 Å². The quantitative estimate of drug-likeness (QED) is 0.340. The molecular weight excluding hydrogens is 156 g/mol. The molecule has 0 aliphatic carbocycles. The molecule has 1 nitrogen and oxygen atoms in total. The van der Waals surface area contributed by atoms with Gasteiger partial charge in [-0.25, -0.2) is 0 Å². The number of hydrogen-bond acceptors (Lipinski definition) is 1. The van der Waals surface area contributed by atoms with Gasteiger partial charge in [-0.1, -0.05) is 22.0 Å². The third-order valence-corrected chi connectivity index (χ3v) is 1.64. The Bertz CT molecular complexity index is 82.1. The number of alkyl halides is 1. The summed E-state index contributed by atoms with van der Waals surface area (Å²) in [5.41, 5.74) is 0. The fourth-order valence-electron chi connectivity index (χ4n) is 0.488. The summed E-state index contributed by atoms with van der Waals surface area (Å²) in [5, 5.41) is 0.934. The minimum atomic E-state index is 0.333. The van der Waals surface area contributed by atoms with E-state index >= 15 is 0 Å². The van der Waals surface area contributed by atoms with Crippen LogP contribution in [0.3, 0.4) is 0 Å². The molecule has 1 heterocycles. The summed E-state index contributed by atoms with van der Waals surface area (Å²) in [6, 6.07) is 0. The van der Waals surface area contributed by atoms with Crippen LogP contribution in [0.4, 0.5) is 0 Å². The highest BCUT2D eigenvalue weighted by Crippen LogP contribution is 2.23. The van der Waals surface area contributed by atoms with Crippen molar-refractivity contribution in [2.75, 3.05) is 5.33 Å². The van der Waals surface area contributed by atoms with Crippen molar-refractivity contribution in [3.8, 4) is 0 Å². The smallest absolute Gasteiger partial charge is 0.103 e. The first-order valence-corrected chi connectivity index (χ1v) is 3.34. The second kappa shape index (κ2) is 1.97. The van der Waals surface area contributed by atoms with E-state index in [-0.39, 0.29) is 0 Å². The molecule has 0 radical (unpaired) electrons. The van der Waals surface area contributed by atoms with Gasteiger partial charge in [0.2, 0.25) is 0 Å². The molecule has 1 fully saturated rings. The summed E-state index contributed by atoms with van der Waals surface area (Å²) in [4.78, 5) is 0. The lowest BCUT2D eigenvalue weighted by Crippen LogP contribution is -1.88. The zero-order valence-corrected chi connectivity index (χ0v) is 5.52. The van der Waals surface area contributed by atoms with Gasteiger partial charge >= 0.3 is 0 Å². The fourth-order valence-corrected chi connectivity index (χ4v) is 1.01. The van der Waals surface area contributed by atoms with Crippen LogP contribution in [0.5, 0.6) is 0 Å². The minimum absolute atomic E-state index is 0.333. The molecule has 0 N–H and O–H groups in total. The van der Waals surface area contributed by atoms with E-state index < -0.39 is 0 Å². The van der Waals surface area contributed by atoms with Gasteiger partial charge < -0.3 is 4.74 Å². The van der Waals surface area contributed by atoms with Crippen LogP contribution in [0.15, 0.2) is 12.7 Å². The van der Waals surface area contributed by atoms with Crippen LogP contribution < -0.4 is 0 Å². The van der Waals surface area contributed by atoms with Crippen LogP contribution in [0, 0.1) is 0 Å². The van der Waals surface area contributed by atoms with Gasteiger partial charge in [0.15, 0.2) is 0 Å². The topological polar surface area (TPSA) is 12.5 Å². The lowest BCUT2D eigenvalue weighted by Gasteiger charge is -1.72. The maximum Gasteiger partial charge on any atom is 0.103 e. The van der Waals surface area contributed by atoms with Gasteiger partial charge in [-0.3, -0.25) is 0 Å². The number of hydrogen-bond donors (Lipinski definition) is 0. The zero-order chi connectivity index (χ0) is 5.28. The SMILES string of the molecule is C=C[C@H]1O[C@@H]1CBr. The van der Waals surface area contributed by atoms with Crippen LogP contribution in [0.1, 0.15) is 0 Å². The predicted octanol–water partition coefficient (Wildman–Crippen LogP) is 1.33. The molecule has 0 aromatic carbocycles. The van der Waals surface area contributed by atoms with E-state index in [1.54, 1.807) is 0 Å². The van der Waals surface area contributed by atoms with E-state index in [0.29, 0.717) is 12.2 Å². The Morgan fingerprint density at radius 2 is 2.57 bits per heavy atom. The first-order chi connectivity index (χ1) is 3.38. The molecule has 0 unspecified atom stereocenters. The van der Waals surface area contributed by atoms with Gasteiger partial charge in [0.1, 0.15) is 6.10 Å². The van der Waals surface area contributed by atoms with E-state index in [1.807, 2.05) is 6.08 Å². The average molecular weight is 163 g/mol. The Kier molecular flexibility index (Phi) is 1.50. The molecule has 2 atom stereocenters. The number of rotatable bonds is 2. The zero-order valence-electron chi connectivity index (χ0n) is 3.93. The second-order valence-corrected chi connectivity index (χ2v) is 2.18. The summed E-state index contributed by atoms with van der Waals surface area (Å²) in [6.45, 7) is 3.58. The third kappa shape index (κ3) is 1.04. The van der Waals surface area contributed by atoms with Gasteiger partial charge in [-0.15, -0.1) is 6.58 Å². The molecule has 0 spiro atoms. The van der Waals surface area contributed by atoms with E-state index in [1.165, 1.54) is 0 Å². The highest BCUT2D eigenvalue weighted by molar-refractivity contribution is 9.09. The third-order valence-electron chi connectivity index (χ3n) is 1.01. The molecule has 0 bridgehead atoms. The normalized spacial score (nSPS) is 37.9. The molecule has 2 heteroatoms. The molecule has 1 aliphatic heterocycles. The summed E-state index contributed by atoms with van der Waals surface area (Å²) in [5.74, 6) is 0. The summed E-state index contributed by atoms with van der Waals surface area (Å²) >= 11 is 3.28. The Balaban J connectivity index is 2.17. The minimum Gasteiger partial charge on any atom is -0.364 e. The molecule has 1 rings (SSSR count). The van der Waals surface area contributed by atoms with E-state index in [4.69, 9.17) is 4.74 Å². The van der Waals surface area contributed by atoms with E-state index in [2.05, 4.69) is 22.5 Å². The Hall–Kier alpha value is 0.180. The highest BCUT2D eigenvalue weighted by Gasteiger charge is 2.34. The lowest BCUT2D eigenvalue weighted by atomic mass is 10.3. The number of epoxide rings is 1. The molecule has 0 aromatic heterocycles. The van der Waals surface area contributed by atoms with Crippen molar-refractivity contribution < 1.29 is 4.74 Å². The summed E-state index contributed by atoms with van der Waals surface area (Å²) < 4.78 is 5.05. The monoisotopic (exact) mass is 162 g/mol. The van der Waals surface area contributed by atoms with Crippen molar-refractivity contribution in [2.45, 2.75) is 12.2 Å². The van der Waals surface area contributed by atoms with Gasteiger partial charge in [-0.05, 0) is 0 Å².